The van der Waals surface area contributed by atoms with Crippen LogP contribution in [0.2, 0.25) is 0 Å². The van der Waals surface area contributed by atoms with E-state index >= 15 is 0 Å². The van der Waals surface area contributed by atoms with Crippen LogP contribution >= 0.6 is 0 Å². The molecule has 124 valence electrons. The van der Waals surface area contributed by atoms with E-state index in [2.05, 4.69) is 37.3 Å². The molecule has 1 aliphatic rings. The molecule has 0 saturated heterocycles. The highest BCUT2D eigenvalue weighted by atomic mass is 16.2. The summed E-state index contributed by atoms with van der Waals surface area (Å²) in [7, 11) is 4.07. The standard InChI is InChI=1S/C17H20N6O/c1-10-13(9-23(3)4)11(2)20-14(10)7-12-16(21-22-17(12)24)15-8-18-5-6-19-15/h5-8,20H,9H2,1-4H3,(H,22,24). The Balaban J connectivity index is 2.01. The maximum Gasteiger partial charge on any atom is 0.273 e. The largest absolute Gasteiger partial charge is 0.359 e. The third-order valence-electron chi connectivity index (χ3n) is 3.97. The Labute approximate surface area is 140 Å². The maximum absolute atomic E-state index is 12.2. The molecule has 2 aromatic heterocycles. The monoisotopic (exact) mass is 324 g/mol. The van der Waals surface area contributed by atoms with Gasteiger partial charge in [-0.1, -0.05) is 0 Å². The van der Waals surface area contributed by atoms with Gasteiger partial charge in [-0.05, 0) is 45.1 Å². The van der Waals surface area contributed by atoms with E-state index in [0.717, 1.165) is 23.5 Å². The van der Waals surface area contributed by atoms with Gasteiger partial charge in [0, 0.05) is 30.3 Å². The van der Waals surface area contributed by atoms with E-state index in [1.807, 2.05) is 27.1 Å². The highest BCUT2D eigenvalue weighted by Crippen LogP contribution is 2.23. The van der Waals surface area contributed by atoms with E-state index in [0.29, 0.717) is 17.0 Å². The molecule has 0 unspecified atom stereocenters. The van der Waals surface area contributed by atoms with Crippen molar-refractivity contribution < 1.29 is 4.79 Å². The molecule has 0 aromatic carbocycles. The molecule has 2 aromatic rings. The van der Waals surface area contributed by atoms with Crippen molar-refractivity contribution in [2.45, 2.75) is 20.4 Å². The average Bonchev–Trinajstić information content (AvgIpc) is 3.04. The molecule has 7 nitrogen and oxygen atoms in total. The van der Waals surface area contributed by atoms with Crippen molar-refractivity contribution in [1.82, 2.24) is 25.3 Å². The Morgan fingerprint density at radius 3 is 2.71 bits per heavy atom. The molecule has 7 heteroatoms. The van der Waals surface area contributed by atoms with Gasteiger partial charge in [0.15, 0.2) is 0 Å². The van der Waals surface area contributed by atoms with E-state index in [-0.39, 0.29) is 5.91 Å². The third-order valence-corrected chi connectivity index (χ3v) is 3.97. The highest BCUT2D eigenvalue weighted by molar-refractivity contribution is 6.32. The Hall–Kier alpha value is -2.80. The van der Waals surface area contributed by atoms with Crippen molar-refractivity contribution >= 4 is 17.7 Å². The van der Waals surface area contributed by atoms with Gasteiger partial charge in [0.2, 0.25) is 0 Å². The molecule has 0 fully saturated rings. The van der Waals surface area contributed by atoms with Crippen molar-refractivity contribution in [3.63, 3.8) is 0 Å². The van der Waals surface area contributed by atoms with Gasteiger partial charge in [0.1, 0.15) is 11.4 Å². The number of hydrogen-bond acceptors (Lipinski definition) is 5. The third kappa shape index (κ3) is 2.98. The van der Waals surface area contributed by atoms with Gasteiger partial charge >= 0.3 is 0 Å². The first-order chi connectivity index (χ1) is 11.5. The smallest absolute Gasteiger partial charge is 0.273 e. The van der Waals surface area contributed by atoms with Gasteiger partial charge in [-0.15, -0.1) is 0 Å². The Morgan fingerprint density at radius 2 is 2.04 bits per heavy atom. The number of carbonyl (C=O) groups is 1. The number of aryl methyl sites for hydroxylation is 1. The summed E-state index contributed by atoms with van der Waals surface area (Å²) in [4.78, 5) is 25.9. The second-order valence-electron chi connectivity index (χ2n) is 6.06. The number of amides is 1. The van der Waals surface area contributed by atoms with E-state index in [9.17, 15) is 4.79 Å². The van der Waals surface area contributed by atoms with Crippen molar-refractivity contribution in [2.24, 2.45) is 5.10 Å². The van der Waals surface area contributed by atoms with Gasteiger partial charge in [-0.25, -0.2) is 5.43 Å². The fourth-order valence-corrected chi connectivity index (χ4v) is 2.74. The van der Waals surface area contributed by atoms with Gasteiger partial charge in [0.05, 0.1) is 11.8 Å². The van der Waals surface area contributed by atoms with Crippen molar-refractivity contribution in [3.8, 4) is 0 Å². The molecule has 24 heavy (non-hydrogen) atoms. The summed E-state index contributed by atoms with van der Waals surface area (Å²) in [5, 5.41) is 4.10. The Bertz CT molecular complexity index is 832. The molecular weight excluding hydrogens is 304 g/mol. The van der Waals surface area contributed by atoms with Crippen LogP contribution in [0.1, 0.15) is 28.2 Å². The molecule has 0 saturated carbocycles. The second kappa shape index (κ2) is 6.37. The first kappa shape index (κ1) is 16.1. The number of rotatable bonds is 4. The highest BCUT2D eigenvalue weighted by Gasteiger charge is 2.26. The summed E-state index contributed by atoms with van der Waals surface area (Å²) in [6, 6.07) is 0. The predicted molar refractivity (Wildman–Crippen MR) is 92.3 cm³/mol. The number of hydrogen-bond donors (Lipinski definition) is 2. The number of nitrogens with zero attached hydrogens (tertiary/aromatic N) is 4. The summed E-state index contributed by atoms with van der Waals surface area (Å²) >= 11 is 0. The van der Waals surface area contributed by atoms with E-state index in [4.69, 9.17) is 0 Å². The van der Waals surface area contributed by atoms with Crippen molar-refractivity contribution in [1.29, 1.82) is 0 Å². The number of carbonyl (C=O) groups excluding carboxylic acids is 1. The lowest BCUT2D eigenvalue weighted by Crippen LogP contribution is -2.14. The van der Waals surface area contributed by atoms with E-state index < -0.39 is 0 Å². The minimum atomic E-state index is -0.239. The molecule has 0 spiro atoms. The zero-order chi connectivity index (χ0) is 17.3. The zero-order valence-corrected chi connectivity index (χ0v) is 14.2. The van der Waals surface area contributed by atoms with Gasteiger partial charge < -0.3 is 9.88 Å². The summed E-state index contributed by atoms with van der Waals surface area (Å²) in [6.45, 7) is 4.94. The van der Waals surface area contributed by atoms with Crippen LogP contribution in [0, 0.1) is 13.8 Å². The lowest BCUT2D eigenvalue weighted by Gasteiger charge is -2.10. The average molecular weight is 324 g/mol. The molecule has 0 atom stereocenters. The summed E-state index contributed by atoms with van der Waals surface area (Å²) in [5.74, 6) is -0.239. The first-order valence-corrected chi connectivity index (χ1v) is 7.66. The SMILES string of the molecule is Cc1[nH]c(C=C2C(=O)NN=C2c2cnccn2)c(C)c1CN(C)C. The molecule has 0 bridgehead atoms. The van der Waals surface area contributed by atoms with E-state index in [1.54, 1.807) is 18.6 Å². The van der Waals surface area contributed by atoms with Crippen LogP contribution in [0.15, 0.2) is 29.3 Å². The minimum Gasteiger partial charge on any atom is -0.359 e. The molecule has 3 rings (SSSR count). The number of aromatic nitrogens is 3. The van der Waals surface area contributed by atoms with Crippen LogP contribution in [0.25, 0.3) is 6.08 Å². The second-order valence-corrected chi connectivity index (χ2v) is 6.06. The van der Waals surface area contributed by atoms with Crippen molar-refractivity contribution in [2.75, 3.05) is 14.1 Å². The van der Waals surface area contributed by atoms with Crippen LogP contribution in [-0.4, -0.2) is 45.6 Å². The molecule has 1 aliphatic heterocycles. The van der Waals surface area contributed by atoms with E-state index in [1.165, 1.54) is 5.56 Å². The maximum atomic E-state index is 12.2. The Kier molecular flexibility index (Phi) is 4.26. The quantitative estimate of drug-likeness (QED) is 0.833. The number of aromatic amines is 1. The molecule has 0 aliphatic carbocycles. The topological polar surface area (TPSA) is 86.3 Å². The van der Waals surface area contributed by atoms with Gasteiger partial charge in [-0.2, -0.15) is 5.10 Å². The zero-order valence-electron chi connectivity index (χ0n) is 14.2. The number of nitrogens with one attached hydrogen (secondary N) is 2. The van der Waals surface area contributed by atoms with Crippen LogP contribution < -0.4 is 5.43 Å². The van der Waals surface area contributed by atoms with Crippen LogP contribution in [0.3, 0.4) is 0 Å². The fraction of sp³-hybridized carbons (Fsp3) is 0.294. The molecule has 2 N–H and O–H groups in total. The molecule has 0 radical (unpaired) electrons. The Morgan fingerprint density at radius 1 is 1.25 bits per heavy atom. The first-order valence-electron chi connectivity index (χ1n) is 7.66. The summed E-state index contributed by atoms with van der Waals surface area (Å²) < 4.78 is 0. The van der Waals surface area contributed by atoms with Crippen LogP contribution in [0.5, 0.6) is 0 Å². The number of H-pyrrole nitrogens is 1. The molecule has 3 heterocycles. The fourth-order valence-electron chi connectivity index (χ4n) is 2.74. The van der Waals surface area contributed by atoms with Crippen LogP contribution in [-0.2, 0) is 11.3 Å². The lowest BCUT2D eigenvalue weighted by molar-refractivity contribution is -0.116. The lowest BCUT2D eigenvalue weighted by atomic mass is 10.0. The van der Waals surface area contributed by atoms with Crippen molar-refractivity contribution in [3.05, 3.63) is 52.4 Å². The normalized spacial score (nSPS) is 16.0. The van der Waals surface area contributed by atoms with Gasteiger partial charge in [0.25, 0.3) is 5.91 Å². The van der Waals surface area contributed by atoms with Gasteiger partial charge in [-0.3, -0.25) is 14.8 Å². The minimum absolute atomic E-state index is 0.239. The number of hydrazone groups is 1. The molecular formula is C17H20N6O. The summed E-state index contributed by atoms with van der Waals surface area (Å²) in [6.07, 6.45) is 6.59. The summed E-state index contributed by atoms with van der Waals surface area (Å²) in [5.41, 5.74) is 8.44. The molecule has 1 amide bonds. The predicted octanol–water partition coefficient (Wildman–Crippen LogP) is 1.40. The van der Waals surface area contributed by atoms with Crippen LogP contribution in [0.4, 0.5) is 0 Å².